The summed E-state index contributed by atoms with van der Waals surface area (Å²) in [5, 5.41) is 0. The first-order valence-electron chi connectivity index (χ1n) is 6.60. The number of rotatable bonds is 3. The molecule has 0 N–H and O–H groups in total. The van der Waals surface area contributed by atoms with Crippen LogP contribution in [-0.2, 0) is 14.3 Å². The summed E-state index contributed by atoms with van der Waals surface area (Å²) in [6, 6.07) is 0. The Morgan fingerprint density at radius 2 is 2.18 bits per heavy atom. The molecule has 0 spiro atoms. The minimum Gasteiger partial charge on any atom is -0.429 e. The molecule has 0 saturated heterocycles. The number of cyclic esters (lactones) is 1. The van der Waals surface area contributed by atoms with Gasteiger partial charge in [0.05, 0.1) is 6.10 Å². The topological polar surface area (TPSA) is 35.5 Å². The molecule has 3 nitrogen and oxygen atoms in total. The van der Waals surface area contributed by atoms with Crippen molar-refractivity contribution in [2.24, 2.45) is 17.8 Å². The van der Waals surface area contributed by atoms with E-state index in [9.17, 15) is 4.79 Å². The molecule has 0 radical (unpaired) electrons. The molecule has 0 aromatic carbocycles. The van der Waals surface area contributed by atoms with Gasteiger partial charge in [0.25, 0.3) is 0 Å². The maximum absolute atomic E-state index is 11.0. The van der Waals surface area contributed by atoms with Crippen molar-refractivity contribution in [3.8, 4) is 0 Å². The minimum absolute atomic E-state index is 0.228. The number of carbonyl (C=O) groups is 1. The van der Waals surface area contributed by atoms with Gasteiger partial charge in [0.15, 0.2) is 0 Å². The van der Waals surface area contributed by atoms with Crippen LogP contribution in [-0.4, -0.2) is 18.4 Å². The molecule has 1 aliphatic heterocycles. The standard InChI is InChI=1S/C14H22O3/c1-9(2)11-8-10(3)4-5-12(11)16-14-7-6-13(15)17-14/h6-7,9-12,14H,4-5,8H2,1-3H3/t10-,11+,12+,14+/m1/s1. The quantitative estimate of drug-likeness (QED) is 0.709. The first-order valence-corrected chi connectivity index (χ1v) is 6.60. The lowest BCUT2D eigenvalue weighted by atomic mass is 9.75. The van der Waals surface area contributed by atoms with E-state index in [2.05, 4.69) is 20.8 Å². The van der Waals surface area contributed by atoms with Crippen LogP contribution < -0.4 is 0 Å². The summed E-state index contributed by atoms with van der Waals surface area (Å²) >= 11 is 0. The van der Waals surface area contributed by atoms with Gasteiger partial charge in [-0.05, 0) is 43.1 Å². The lowest BCUT2D eigenvalue weighted by molar-refractivity contribution is -0.177. The average molecular weight is 238 g/mol. The van der Waals surface area contributed by atoms with Crippen LogP contribution in [0.4, 0.5) is 0 Å². The molecule has 3 heteroatoms. The Labute approximate surface area is 103 Å². The molecule has 0 amide bonds. The monoisotopic (exact) mass is 238 g/mol. The van der Waals surface area contributed by atoms with E-state index in [0.717, 1.165) is 12.3 Å². The number of ether oxygens (including phenoxy) is 2. The van der Waals surface area contributed by atoms with Gasteiger partial charge in [-0.15, -0.1) is 0 Å². The Bertz CT molecular complexity index is 309. The van der Waals surface area contributed by atoms with E-state index in [1.165, 1.54) is 18.9 Å². The molecule has 17 heavy (non-hydrogen) atoms. The van der Waals surface area contributed by atoms with E-state index < -0.39 is 6.29 Å². The van der Waals surface area contributed by atoms with E-state index in [4.69, 9.17) is 9.47 Å². The Hall–Kier alpha value is -0.830. The maximum Gasteiger partial charge on any atom is 0.333 e. The third kappa shape index (κ3) is 3.09. The number of hydrogen-bond donors (Lipinski definition) is 0. The van der Waals surface area contributed by atoms with E-state index >= 15 is 0 Å². The van der Waals surface area contributed by atoms with Crippen LogP contribution in [0, 0.1) is 17.8 Å². The van der Waals surface area contributed by atoms with Crippen LogP contribution in [0.5, 0.6) is 0 Å². The smallest absolute Gasteiger partial charge is 0.333 e. The summed E-state index contributed by atoms with van der Waals surface area (Å²) in [6.07, 6.45) is 6.42. The van der Waals surface area contributed by atoms with Crippen LogP contribution in [0.15, 0.2) is 12.2 Å². The molecule has 0 bridgehead atoms. The zero-order valence-electron chi connectivity index (χ0n) is 10.9. The van der Waals surface area contributed by atoms with Crippen molar-refractivity contribution in [3.63, 3.8) is 0 Å². The zero-order chi connectivity index (χ0) is 12.4. The van der Waals surface area contributed by atoms with Gasteiger partial charge < -0.3 is 9.47 Å². The molecule has 2 rings (SSSR count). The Balaban J connectivity index is 1.94. The fourth-order valence-electron chi connectivity index (χ4n) is 2.86. The van der Waals surface area contributed by atoms with Crippen molar-refractivity contribution in [1.82, 2.24) is 0 Å². The third-order valence-corrected chi connectivity index (χ3v) is 3.88. The van der Waals surface area contributed by atoms with Crippen LogP contribution in [0.25, 0.3) is 0 Å². The molecule has 0 aromatic heterocycles. The number of hydrogen-bond acceptors (Lipinski definition) is 3. The summed E-state index contributed by atoms with van der Waals surface area (Å²) in [5.74, 6) is 1.68. The predicted molar refractivity (Wildman–Crippen MR) is 65.2 cm³/mol. The van der Waals surface area contributed by atoms with Crippen molar-refractivity contribution in [1.29, 1.82) is 0 Å². The Morgan fingerprint density at radius 1 is 1.41 bits per heavy atom. The molecule has 96 valence electrons. The predicted octanol–water partition coefficient (Wildman–Crippen LogP) is 2.90. The van der Waals surface area contributed by atoms with E-state index in [1.807, 2.05) is 0 Å². The molecule has 4 atom stereocenters. The van der Waals surface area contributed by atoms with Gasteiger partial charge in [-0.1, -0.05) is 20.8 Å². The van der Waals surface area contributed by atoms with Crippen molar-refractivity contribution in [2.45, 2.75) is 52.4 Å². The van der Waals surface area contributed by atoms with Gasteiger partial charge in [0, 0.05) is 6.08 Å². The summed E-state index contributed by atoms with van der Waals surface area (Å²) in [4.78, 5) is 11.0. The van der Waals surface area contributed by atoms with Crippen LogP contribution >= 0.6 is 0 Å². The fraction of sp³-hybridized carbons (Fsp3) is 0.786. The lowest BCUT2D eigenvalue weighted by Gasteiger charge is -2.37. The molecular formula is C14H22O3. The van der Waals surface area contributed by atoms with E-state index in [1.54, 1.807) is 6.08 Å². The van der Waals surface area contributed by atoms with Crippen molar-refractivity contribution >= 4 is 5.97 Å². The van der Waals surface area contributed by atoms with Crippen molar-refractivity contribution in [2.75, 3.05) is 0 Å². The molecule has 0 aromatic rings. The minimum atomic E-state index is -0.456. The second kappa shape index (κ2) is 5.21. The zero-order valence-corrected chi connectivity index (χ0v) is 10.9. The number of carbonyl (C=O) groups excluding carboxylic acids is 1. The first-order chi connectivity index (χ1) is 8.06. The highest BCUT2D eigenvalue weighted by Crippen LogP contribution is 2.36. The van der Waals surface area contributed by atoms with Gasteiger partial charge >= 0.3 is 5.97 Å². The second-order valence-electron chi connectivity index (χ2n) is 5.67. The maximum atomic E-state index is 11.0. The molecule has 1 fully saturated rings. The Morgan fingerprint density at radius 3 is 2.76 bits per heavy atom. The number of esters is 1. The summed E-state index contributed by atoms with van der Waals surface area (Å²) in [5.41, 5.74) is 0. The first kappa shape index (κ1) is 12.6. The van der Waals surface area contributed by atoms with E-state index in [0.29, 0.717) is 11.8 Å². The SMILES string of the molecule is CC(C)[C@@H]1C[C@H](C)CC[C@@H]1O[C@@H]1C=CC(=O)O1. The summed E-state index contributed by atoms with van der Waals surface area (Å²) in [6.45, 7) is 6.80. The van der Waals surface area contributed by atoms with Crippen molar-refractivity contribution < 1.29 is 14.3 Å². The van der Waals surface area contributed by atoms with Gasteiger partial charge in [-0.2, -0.15) is 0 Å². The van der Waals surface area contributed by atoms with Crippen LogP contribution in [0.3, 0.4) is 0 Å². The molecule has 0 unspecified atom stereocenters. The summed E-state index contributed by atoms with van der Waals surface area (Å²) in [7, 11) is 0. The highest BCUT2D eigenvalue weighted by Gasteiger charge is 2.34. The highest BCUT2D eigenvalue weighted by molar-refractivity contribution is 5.84. The molecule has 2 aliphatic rings. The highest BCUT2D eigenvalue weighted by atomic mass is 16.7. The van der Waals surface area contributed by atoms with Crippen LogP contribution in [0.1, 0.15) is 40.0 Å². The summed E-state index contributed by atoms with van der Waals surface area (Å²) < 4.78 is 11.0. The van der Waals surface area contributed by atoms with Crippen molar-refractivity contribution in [3.05, 3.63) is 12.2 Å². The van der Waals surface area contributed by atoms with Gasteiger partial charge in [-0.3, -0.25) is 0 Å². The second-order valence-corrected chi connectivity index (χ2v) is 5.67. The Kier molecular flexibility index (Phi) is 3.87. The lowest BCUT2D eigenvalue weighted by Crippen LogP contribution is -2.36. The molecule has 1 saturated carbocycles. The molecule has 1 aliphatic carbocycles. The normalized spacial score (nSPS) is 37.5. The van der Waals surface area contributed by atoms with Gasteiger partial charge in [-0.25, -0.2) is 4.79 Å². The molecule has 1 heterocycles. The molecular weight excluding hydrogens is 216 g/mol. The van der Waals surface area contributed by atoms with Gasteiger partial charge in [0.1, 0.15) is 0 Å². The third-order valence-electron chi connectivity index (χ3n) is 3.88. The van der Waals surface area contributed by atoms with Gasteiger partial charge in [0.2, 0.25) is 6.29 Å². The average Bonchev–Trinajstić information content (AvgIpc) is 2.66. The fourth-order valence-corrected chi connectivity index (χ4v) is 2.86. The van der Waals surface area contributed by atoms with Crippen LogP contribution in [0.2, 0.25) is 0 Å². The van der Waals surface area contributed by atoms with E-state index in [-0.39, 0.29) is 12.1 Å². The largest absolute Gasteiger partial charge is 0.429 e.